The Balaban J connectivity index is 0.000000557. The third-order valence-corrected chi connectivity index (χ3v) is 6.45. The van der Waals surface area contributed by atoms with Gasteiger partial charge in [0.15, 0.2) is 6.17 Å². The van der Waals surface area contributed by atoms with Crippen LogP contribution in [0.15, 0.2) is 91.1 Å². The molecule has 8 nitrogen and oxygen atoms in total. The minimum absolute atomic E-state index is 0.198. The number of carbonyl (C=O) groups is 3. The predicted octanol–water partition coefficient (Wildman–Crippen LogP) is 7.21. The Morgan fingerprint density at radius 2 is 1.50 bits per heavy atom. The van der Waals surface area contributed by atoms with Crippen molar-refractivity contribution in [3.63, 3.8) is 0 Å². The van der Waals surface area contributed by atoms with E-state index in [1.165, 1.54) is 6.92 Å². The standard InChI is InChI=1S/C28H26N4O2.C4H8O2/c1-19-17-20(2)25(21(3)18-19)32(27(33)29-22-11-6-4-7-12-22)26-24-15-10-16-30(24)28(34)31(26)23-13-8-5-9-14-23;1-3-6-4(2)5/h4-18,26H,1-3H3,(H,29,33);3H2,1-2H3/t26-;/m0./s1. The molecule has 5 rings (SSSR count). The topological polar surface area (TPSA) is 83.9 Å². The quantitative estimate of drug-likeness (QED) is 0.272. The third kappa shape index (κ3) is 5.91. The molecule has 0 radical (unpaired) electrons. The van der Waals surface area contributed by atoms with E-state index in [1.807, 2.05) is 93.6 Å². The van der Waals surface area contributed by atoms with Gasteiger partial charge in [-0.25, -0.2) is 9.59 Å². The van der Waals surface area contributed by atoms with E-state index in [0.29, 0.717) is 12.3 Å². The van der Waals surface area contributed by atoms with Crippen molar-refractivity contribution in [2.45, 2.75) is 40.8 Å². The van der Waals surface area contributed by atoms with E-state index >= 15 is 0 Å². The van der Waals surface area contributed by atoms with Crippen LogP contribution in [0.4, 0.5) is 26.7 Å². The zero-order valence-corrected chi connectivity index (χ0v) is 23.4. The second-order valence-electron chi connectivity index (χ2n) is 9.50. The first-order valence-corrected chi connectivity index (χ1v) is 13.1. The fraction of sp³-hybridized carbons (Fsp3) is 0.219. The summed E-state index contributed by atoms with van der Waals surface area (Å²) in [7, 11) is 0. The van der Waals surface area contributed by atoms with Gasteiger partial charge in [0.1, 0.15) is 0 Å². The van der Waals surface area contributed by atoms with Crippen LogP contribution in [0, 0.1) is 20.8 Å². The number of aryl methyl sites for hydroxylation is 3. The first kappa shape index (κ1) is 28.2. The molecule has 8 heteroatoms. The molecule has 3 amide bonds. The number of amides is 3. The van der Waals surface area contributed by atoms with Crippen LogP contribution in [0.3, 0.4) is 0 Å². The second-order valence-corrected chi connectivity index (χ2v) is 9.50. The van der Waals surface area contributed by atoms with Crippen LogP contribution >= 0.6 is 0 Å². The van der Waals surface area contributed by atoms with Crippen LogP contribution in [0.5, 0.6) is 0 Å². The lowest BCUT2D eigenvalue weighted by molar-refractivity contribution is -0.140. The maximum Gasteiger partial charge on any atom is 0.335 e. The summed E-state index contributed by atoms with van der Waals surface area (Å²) >= 11 is 0. The largest absolute Gasteiger partial charge is 0.466 e. The number of hydrogen-bond acceptors (Lipinski definition) is 4. The molecular formula is C32H34N4O4. The van der Waals surface area contributed by atoms with Gasteiger partial charge in [0.25, 0.3) is 0 Å². The molecule has 2 heterocycles. The number of rotatable bonds is 5. The summed E-state index contributed by atoms with van der Waals surface area (Å²) in [4.78, 5) is 40.7. The Bertz CT molecular complexity index is 1470. The molecule has 1 N–H and O–H groups in total. The molecule has 0 saturated heterocycles. The van der Waals surface area contributed by atoms with Crippen molar-refractivity contribution in [2.75, 3.05) is 21.7 Å². The van der Waals surface area contributed by atoms with Crippen LogP contribution in [0.2, 0.25) is 0 Å². The van der Waals surface area contributed by atoms with Crippen molar-refractivity contribution in [1.29, 1.82) is 0 Å². The van der Waals surface area contributed by atoms with Crippen LogP contribution < -0.4 is 15.1 Å². The molecule has 0 bridgehead atoms. The molecule has 40 heavy (non-hydrogen) atoms. The Morgan fingerprint density at radius 3 is 2.05 bits per heavy atom. The van der Waals surface area contributed by atoms with Gasteiger partial charge in [0, 0.05) is 24.5 Å². The number of nitrogens with one attached hydrogen (secondary N) is 1. The minimum atomic E-state index is -0.659. The van der Waals surface area contributed by atoms with E-state index in [0.717, 1.165) is 33.8 Å². The van der Waals surface area contributed by atoms with Gasteiger partial charge in [-0.2, -0.15) is 0 Å². The predicted molar refractivity (Wildman–Crippen MR) is 158 cm³/mol. The van der Waals surface area contributed by atoms with Gasteiger partial charge in [-0.1, -0.05) is 54.1 Å². The summed E-state index contributed by atoms with van der Waals surface area (Å²) in [6.45, 7) is 9.69. The summed E-state index contributed by atoms with van der Waals surface area (Å²) in [5.74, 6) is -0.211. The Labute approximate surface area is 234 Å². The number of aromatic nitrogens is 1. The zero-order chi connectivity index (χ0) is 28.8. The average Bonchev–Trinajstić information content (AvgIpc) is 3.49. The maximum atomic E-state index is 14.0. The van der Waals surface area contributed by atoms with Crippen LogP contribution in [-0.2, 0) is 9.53 Å². The van der Waals surface area contributed by atoms with Gasteiger partial charge in [-0.15, -0.1) is 0 Å². The Morgan fingerprint density at radius 1 is 0.900 bits per heavy atom. The van der Waals surface area contributed by atoms with E-state index in [4.69, 9.17) is 0 Å². The molecule has 4 aromatic rings. The van der Waals surface area contributed by atoms with Crippen molar-refractivity contribution in [2.24, 2.45) is 0 Å². The maximum absolute atomic E-state index is 14.0. The zero-order valence-electron chi connectivity index (χ0n) is 23.4. The molecule has 0 spiro atoms. The van der Waals surface area contributed by atoms with Crippen LogP contribution in [-0.4, -0.2) is 29.2 Å². The van der Waals surface area contributed by atoms with E-state index < -0.39 is 6.17 Å². The number of esters is 1. The highest BCUT2D eigenvalue weighted by Crippen LogP contribution is 2.41. The molecule has 206 valence electrons. The summed E-state index contributed by atoms with van der Waals surface area (Å²) in [5.41, 5.74) is 5.97. The molecule has 1 aromatic heterocycles. The molecule has 0 aliphatic carbocycles. The van der Waals surface area contributed by atoms with Crippen molar-refractivity contribution >= 4 is 35.1 Å². The van der Waals surface area contributed by atoms with Gasteiger partial charge >= 0.3 is 18.0 Å². The molecule has 0 fully saturated rings. The van der Waals surface area contributed by atoms with E-state index in [2.05, 4.69) is 22.2 Å². The normalized spacial score (nSPS) is 13.7. The van der Waals surface area contributed by atoms with E-state index in [9.17, 15) is 14.4 Å². The van der Waals surface area contributed by atoms with E-state index in [-0.39, 0.29) is 18.0 Å². The Kier molecular flexibility index (Phi) is 8.69. The van der Waals surface area contributed by atoms with Crippen LogP contribution in [0.25, 0.3) is 0 Å². The van der Waals surface area contributed by atoms with Crippen molar-refractivity contribution < 1.29 is 19.1 Å². The molecule has 3 aromatic carbocycles. The van der Waals surface area contributed by atoms with Crippen molar-refractivity contribution in [1.82, 2.24) is 4.57 Å². The number of nitrogens with zero attached hydrogens (tertiary/aromatic N) is 3. The number of anilines is 3. The SMILES string of the molecule is CCOC(C)=O.Cc1cc(C)c(N(C(=O)Nc2ccccc2)[C@H]2c3cccn3C(=O)N2c2ccccc2)c(C)c1. The molecule has 0 saturated carbocycles. The van der Waals surface area contributed by atoms with Gasteiger partial charge in [0.05, 0.1) is 18.0 Å². The summed E-state index contributed by atoms with van der Waals surface area (Å²) in [6, 6.07) is 26.2. The first-order chi connectivity index (χ1) is 19.2. The fourth-order valence-corrected chi connectivity index (χ4v) is 5.02. The third-order valence-electron chi connectivity index (χ3n) is 6.45. The number of fused-ring (bicyclic) bond motifs is 1. The first-order valence-electron chi connectivity index (χ1n) is 13.1. The number of para-hydroxylation sites is 2. The summed E-state index contributed by atoms with van der Waals surface area (Å²) < 4.78 is 6.01. The second kappa shape index (κ2) is 12.3. The monoisotopic (exact) mass is 538 g/mol. The number of benzene rings is 3. The molecule has 1 aliphatic rings. The highest BCUT2D eigenvalue weighted by atomic mass is 16.5. The molecule has 1 aliphatic heterocycles. The fourth-order valence-electron chi connectivity index (χ4n) is 5.02. The lowest BCUT2D eigenvalue weighted by Crippen LogP contribution is -2.46. The van der Waals surface area contributed by atoms with Crippen molar-refractivity contribution in [3.05, 3.63) is 114 Å². The lowest BCUT2D eigenvalue weighted by Gasteiger charge is -2.36. The summed E-state index contributed by atoms with van der Waals surface area (Å²) in [6.07, 6.45) is 1.09. The van der Waals surface area contributed by atoms with Crippen molar-refractivity contribution in [3.8, 4) is 0 Å². The number of urea groups is 1. The van der Waals surface area contributed by atoms with E-state index in [1.54, 1.807) is 27.5 Å². The van der Waals surface area contributed by atoms with Gasteiger partial charge in [-0.3, -0.25) is 19.2 Å². The molecular weight excluding hydrogens is 504 g/mol. The number of hydrogen-bond donors (Lipinski definition) is 1. The van der Waals surface area contributed by atoms with Gasteiger partial charge in [-0.05, 0) is 75.2 Å². The number of ether oxygens (including phenoxy) is 1. The number of carbonyl (C=O) groups excluding carboxylic acids is 3. The average molecular weight is 539 g/mol. The highest BCUT2D eigenvalue weighted by molar-refractivity contribution is 6.07. The molecule has 1 atom stereocenters. The summed E-state index contributed by atoms with van der Waals surface area (Å²) in [5, 5.41) is 3.04. The smallest absolute Gasteiger partial charge is 0.335 e. The van der Waals surface area contributed by atoms with Crippen LogP contribution in [0.1, 0.15) is 42.4 Å². The van der Waals surface area contributed by atoms with Gasteiger partial charge in [0.2, 0.25) is 0 Å². The van der Waals surface area contributed by atoms with Gasteiger partial charge < -0.3 is 10.1 Å². The molecule has 0 unspecified atom stereocenters. The minimum Gasteiger partial charge on any atom is -0.466 e. The Hall–Kier alpha value is -4.85. The highest BCUT2D eigenvalue weighted by Gasteiger charge is 2.44. The lowest BCUT2D eigenvalue weighted by atomic mass is 10.0.